The third kappa shape index (κ3) is 6.96. The number of benzene rings is 8. The van der Waals surface area contributed by atoms with Gasteiger partial charge in [-0.1, -0.05) is 166 Å². The summed E-state index contributed by atoms with van der Waals surface area (Å²) in [6.45, 7) is 7.29. The van der Waals surface area contributed by atoms with Crippen LogP contribution in [0.2, 0.25) is 0 Å². The molecule has 2 unspecified atom stereocenters. The van der Waals surface area contributed by atoms with Crippen LogP contribution in [0.5, 0.6) is 0 Å². The Morgan fingerprint density at radius 2 is 0.716 bits per heavy atom. The summed E-state index contributed by atoms with van der Waals surface area (Å²) in [4.78, 5) is 18.3. The van der Waals surface area contributed by atoms with Gasteiger partial charge in [0.2, 0.25) is 0 Å². The fourth-order valence-corrected chi connectivity index (χ4v) is 12.0. The largest absolute Gasteiger partial charge is 0.311 e. The van der Waals surface area contributed by atoms with Crippen LogP contribution in [0.1, 0.15) is 50.9 Å². The molecule has 0 aliphatic heterocycles. The Hall–Kier alpha value is -7.60. The summed E-state index contributed by atoms with van der Waals surface area (Å²) in [5.41, 5.74) is 18.2. The van der Waals surface area contributed by atoms with Crippen molar-refractivity contribution in [3.63, 3.8) is 0 Å². The molecule has 1 fully saturated rings. The van der Waals surface area contributed by atoms with Crippen LogP contribution in [0, 0.1) is 5.41 Å². The normalized spacial score (nSPS) is 16.8. The Kier molecular flexibility index (Phi) is 9.99. The van der Waals surface area contributed by atoms with Crippen LogP contribution in [-0.2, 0) is 5.41 Å². The van der Waals surface area contributed by atoms with Crippen LogP contribution < -0.4 is 9.80 Å². The number of thiophene rings is 1. The molecule has 5 heteroatoms. The zero-order valence-electron chi connectivity index (χ0n) is 38.0. The maximum absolute atomic E-state index is 5.70. The second kappa shape index (κ2) is 16.4. The minimum atomic E-state index is -0.00843. The van der Waals surface area contributed by atoms with Crippen LogP contribution in [0.25, 0.3) is 54.2 Å². The van der Waals surface area contributed by atoms with Gasteiger partial charge in [-0.3, -0.25) is 0 Å². The number of para-hydroxylation sites is 2. The van der Waals surface area contributed by atoms with Gasteiger partial charge in [-0.25, -0.2) is 9.97 Å². The Morgan fingerprint density at radius 1 is 0.388 bits per heavy atom. The van der Waals surface area contributed by atoms with E-state index in [2.05, 4.69) is 249 Å². The second-order valence-corrected chi connectivity index (χ2v) is 19.8. The maximum Gasteiger partial charge on any atom is 0.108 e. The van der Waals surface area contributed by atoms with E-state index in [-0.39, 0.29) is 10.8 Å². The molecule has 10 aromatic rings. The van der Waals surface area contributed by atoms with Gasteiger partial charge in [0.1, 0.15) is 11.0 Å². The first kappa shape index (κ1) is 40.9. The maximum atomic E-state index is 5.70. The van der Waals surface area contributed by atoms with Crippen molar-refractivity contribution in [2.24, 2.45) is 5.41 Å². The monoisotopic (exact) mass is 882 g/mol. The van der Waals surface area contributed by atoms with Crippen LogP contribution >= 0.6 is 11.3 Å². The molecule has 8 aromatic carbocycles. The van der Waals surface area contributed by atoms with E-state index in [0.29, 0.717) is 5.92 Å². The lowest BCUT2D eigenvalue weighted by molar-refractivity contribution is 0.227. The summed E-state index contributed by atoms with van der Waals surface area (Å²) in [5, 5.41) is 0. The van der Waals surface area contributed by atoms with E-state index in [1.54, 1.807) is 0 Å². The fraction of sp³-hybridized carbons (Fsp3) is 0.129. The number of fused-ring (bicyclic) bond motifs is 6. The summed E-state index contributed by atoms with van der Waals surface area (Å²) in [6, 6.07) is 78.3. The summed E-state index contributed by atoms with van der Waals surface area (Å²) in [6.07, 6.45) is 2.31. The van der Waals surface area contributed by atoms with Crippen molar-refractivity contribution in [1.82, 2.24) is 9.97 Å². The molecular weight excluding hydrogens is 833 g/mol. The molecular formula is C62H50N4S. The van der Waals surface area contributed by atoms with Gasteiger partial charge in [0, 0.05) is 45.5 Å². The van der Waals surface area contributed by atoms with Gasteiger partial charge in [-0.05, 0) is 124 Å². The molecule has 1 saturated carbocycles. The van der Waals surface area contributed by atoms with Crippen LogP contribution in [0.4, 0.5) is 34.1 Å². The zero-order chi connectivity index (χ0) is 45.1. The minimum absolute atomic E-state index is 0.00843. The van der Waals surface area contributed by atoms with E-state index in [4.69, 9.17) is 9.97 Å². The van der Waals surface area contributed by atoms with E-state index in [1.807, 2.05) is 11.3 Å². The molecule has 2 aromatic heterocycles. The highest BCUT2D eigenvalue weighted by molar-refractivity contribution is 7.20. The molecule has 2 bridgehead atoms. The topological polar surface area (TPSA) is 32.3 Å². The molecule has 12 rings (SSSR count). The predicted molar refractivity (Wildman–Crippen MR) is 282 cm³/mol. The van der Waals surface area contributed by atoms with Gasteiger partial charge in [0.05, 0.1) is 21.1 Å². The third-order valence-electron chi connectivity index (χ3n) is 14.9. The first-order valence-electron chi connectivity index (χ1n) is 23.4. The highest BCUT2D eigenvalue weighted by Crippen LogP contribution is 2.67. The van der Waals surface area contributed by atoms with Gasteiger partial charge in [0.25, 0.3) is 0 Å². The summed E-state index contributed by atoms with van der Waals surface area (Å²) < 4.78 is 0. The van der Waals surface area contributed by atoms with Crippen molar-refractivity contribution >= 4 is 56.5 Å². The summed E-state index contributed by atoms with van der Waals surface area (Å²) in [5.74, 6) is 0.403. The molecule has 2 heterocycles. The molecule has 2 aliphatic rings. The Balaban J connectivity index is 0.941. The van der Waals surface area contributed by atoms with Gasteiger partial charge < -0.3 is 9.80 Å². The smallest absolute Gasteiger partial charge is 0.108 e. The summed E-state index contributed by atoms with van der Waals surface area (Å²) >= 11 is 1.81. The average Bonchev–Trinajstić information content (AvgIpc) is 3.93. The Bertz CT molecular complexity index is 3350. The average molecular weight is 883 g/mol. The third-order valence-corrected chi connectivity index (χ3v) is 16.2. The number of anilines is 6. The second-order valence-electron chi connectivity index (χ2n) is 18.8. The molecule has 0 radical (unpaired) electrons. The number of hydrogen-bond acceptors (Lipinski definition) is 5. The highest BCUT2D eigenvalue weighted by Gasteiger charge is 2.61. The van der Waals surface area contributed by atoms with Crippen molar-refractivity contribution in [3.8, 4) is 43.1 Å². The first-order valence-corrected chi connectivity index (χ1v) is 24.2. The first-order chi connectivity index (χ1) is 32.8. The molecule has 0 saturated heterocycles. The molecule has 0 amide bonds. The predicted octanol–water partition coefficient (Wildman–Crippen LogP) is 17.5. The zero-order valence-corrected chi connectivity index (χ0v) is 38.8. The lowest BCUT2D eigenvalue weighted by Gasteiger charge is -2.34. The van der Waals surface area contributed by atoms with Crippen molar-refractivity contribution in [1.29, 1.82) is 0 Å². The van der Waals surface area contributed by atoms with E-state index >= 15 is 0 Å². The molecule has 67 heavy (non-hydrogen) atoms. The van der Waals surface area contributed by atoms with Crippen molar-refractivity contribution < 1.29 is 0 Å². The van der Waals surface area contributed by atoms with Crippen LogP contribution in [0.3, 0.4) is 0 Å². The molecule has 2 atom stereocenters. The van der Waals surface area contributed by atoms with Gasteiger partial charge >= 0.3 is 0 Å². The Morgan fingerprint density at radius 3 is 1.12 bits per heavy atom. The molecule has 324 valence electrons. The van der Waals surface area contributed by atoms with Crippen LogP contribution in [0.15, 0.2) is 218 Å². The number of aromatic nitrogens is 2. The number of nitrogens with zero attached hydrogens (tertiary/aromatic N) is 4. The molecule has 2 aliphatic carbocycles. The summed E-state index contributed by atoms with van der Waals surface area (Å²) in [7, 11) is 0. The SMILES string of the molecule is CC12CCC(c3nc4c(-c5ccc(N(c6ccccc6)c6ccc(-c7ccccc7)cc6)cc5)sc(-c5ccc(N(c6ccccc6)c6ccc(-c7ccccc7)cc6)cc5)c4nc31)C2(C)C. The molecule has 4 nitrogen and oxygen atoms in total. The lowest BCUT2D eigenvalue weighted by atomic mass is 9.70. The van der Waals surface area contributed by atoms with Gasteiger partial charge in [0.15, 0.2) is 0 Å². The van der Waals surface area contributed by atoms with Crippen molar-refractivity contribution in [2.45, 2.75) is 44.9 Å². The van der Waals surface area contributed by atoms with E-state index < -0.39 is 0 Å². The molecule has 0 N–H and O–H groups in total. The van der Waals surface area contributed by atoms with Crippen molar-refractivity contribution in [2.75, 3.05) is 9.80 Å². The van der Waals surface area contributed by atoms with E-state index in [9.17, 15) is 0 Å². The lowest BCUT2D eigenvalue weighted by Crippen LogP contribution is -2.31. The van der Waals surface area contributed by atoms with Crippen molar-refractivity contribution in [3.05, 3.63) is 230 Å². The number of rotatable bonds is 10. The van der Waals surface area contributed by atoms with Gasteiger partial charge in [-0.15, -0.1) is 11.3 Å². The standard InChI is InChI=1S/C62H50N4S/c1-61(2)54-40-41-62(61,3)60-55(54)63-56-57(64-60)59(47-30-38-53(39-31-47)66(49-22-14-7-15-23-49)51-34-26-45(27-35-51)43-18-10-5-11-19-43)67-58(56)46-28-36-52(37-29-46)65(48-20-12-6-13-21-48)50-32-24-44(25-33-50)42-16-8-4-9-17-42/h4-39,54H,40-41H2,1-3H3. The number of hydrogen-bond donors (Lipinski definition) is 0. The quantitative estimate of drug-likeness (QED) is 0.137. The van der Waals surface area contributed by atoms with Crippen LogP contribution in [-0.4, -0.2) is 9.97 Å². The Labute approximate surface area is 397 Å². The minimum Gasteiger partial charge on any atom is -0.311 e. The molecule has 0 spiro atoms. The highest BCUT2D eigenvalue weighted by atomic mass is 32.1. The fourth-order valence-electron chi connectivity index (χ4n) is 10.8. The van der Waals surface area contributed by atoms with E-state index in [0.717, 1.165) is 78.9 Å². The van der Waals surface area contributed by atoms with E-state index in [1.165, 1.54) is 33.6 Å². The van der Waals surface area contributed by atoms with Gasteiger partial charge in [-0.2, -0.15) is 0 Å².